The van der Waals surface area contributed by atoms with Gasteiger partial charge in [-0.15, -0.1) is 11.3 Å². The number of rotatable bonds is 2. The lowest BCUT2D eigenvalue weighted by atomic mass is 9.97. The van der Waals surface area contributed by atoms with Gasteiger partial charge >= 0.3 is 0 Å². The molecule has 0 saturated carbocycles. The lowest BCUT2D eigenvalue weighted by Crippen LogP contribution is -2.13. The predicted molar refractivity (Wildman–Crippen MR) is 88.4 cm³/mol. The van der Waals surface area contributed by atoms with Crippen LogP contribution in [0.5, 0.6) is 0 Å². The maximum absolute atomic E-state index is 13.0. The van der Waals surface area contributed by atoms with Crippen molar-refractivity contribution < 1.29 is 9.18 Å². The quantitative estimate of drug-likeness (QED) is 0.775. The first-order chi connectivity index (χ1) is 11.2. The Balaban J connectivity index is 1.72. The first kappa shape index (κ1) is 14.3. The van der Waals surface area contributed by atoms with Crippen LogP contribution < -0.4 is 5.32 Å². The highest BCUT2D eigenvalue weighted by Crippen LogP contribution is 2.38. The fourth-order valence-corrected chi connectivity index (χ4v) is 4.19. The second-order valence-electron chi connectivity index (χ2n) is 5.57. The molecule has 23 heavy (non-hydrogen) atoms. The number of anilines is 1. The summed E-state index contributed by atoms with van der Waals surface area (Å²) in [5.74, 6) is -0.109. The van der Waals surface area contributed by atoms with Crippen molar-refractivity contribution in [1.82, 2.24) is 9.97 Å². The Morgan fingerprint density at radius 1 is 1.13 bits per heavy atom. The molecule has 0 radical (unpaired) electrons. The smallest absolute Gasteiger partial charge is 0.256 e. The van der Waals surface area contributed by atoms with Gasteiger partial charge < -0.3 is 5.32 Å². The number of nitrogens with zero attached hydrogens (tertiary/aromatic N) is 2. The molecule has 0 unspecified atom stereocenters. The fourth-order valence-electron chi connectivity index (χ4n) is 2.97. The summed E-state index contributed by atoms with van der Waals surface area (Å²) in [6.07, 6.45) is 5.90. The van der Waals surface area contributed by atoms with Gasteiger partial charge in [-0.1, -0.05) is 0 Å². The number of aromatic nitrogens is 2. The van der Waals surface area contributed by atoms with Crippen molar-refractivity contribution in [2.75, 3.05) is 5.32 Å². The summed E-state index contributed by atoms with van der Waals surface area (Å²) >= 11 is 1.69. The summed E-state index contributed by atoms with van der Waals surface area (Å²) in [5, 5.41) is 3.81. The van der Waals surface area contributed by atoms with Crippen LogP contribution in [0.1, 0.15) is 33.6 Å². The molecule has 3 aromatic rings. The highest BCUT2D eigenvalue weighted by atomic mass is 32.1. The first-order valence-corrected chi connectivity index (χ1v) is 8.36. The molecule has 0 spiro atoms. The van der Waals surface area contributed by atoms with E-state index in [0.717, 1.165) is 29.5 Å². The van der Waals surface area contributed by atoms with Crippen LogP contribution in [0, 0.1) is 5.82 Å². The molecule has 1 aliphatic carbocycles. The van der Waals surface area contributed by atoms with Crippen LogP contribution in [0.3, 0.4) is 0 Å². The number of benzene rings is 1. The second kappa shape index (κ2) is 5.70. The zero-order chi connectivity index (χ0) is 15.8. The Kier molecular flexibility index (Phi) is 3.53. The van der Waals surface area contributed by atoms with Crippen molar-refractivity contribution >= 4 is 33.3 Å². The number of hydrogen-bond acceptors (Lipinski definition) is 4. The van der Waals surface area contributed by atoms with Gasteiger partial charge in [-0.25, -0.2) is 14.4 Å². The Morgan fingerprint density at radius 3 is 2.74 bits per heavy atom. The average molecular weight is 327 g/mol. The van der Waals surface area contributed by atoms with Gasteiger partial charge in [0.25, 0.3) is 5.91 Å². The van der Waals surface area contributed by atoms with Gasteiger partial charge in [-0.05, 0) is 55.5 Å². The van der Waals surface area contributed by atoms with E-state index in [0.29, 0.717) is 11.4 Å². The number of fused-ring (bicyclic) bond motifs is 3. The highest BCUT2D eigenvalue weighted by molar-refractivity contribution is 7.19. The number of carbonyl (C=O) groups is 1. The number of nitrogens with one attached hydrogen (secondary N) is 1. The molecule has 2 heterocycles. The van der Waals surface area contributed by atoms with Crippen LogP contribution in [-0.2, 0) is 12.8 Å². The van der Waals surface area contributed by atoms with Gasteiger partial charge in [0.2, 0.25) is 0 Å². The van der Waals surface area contributed by atoms with Gasteiger partial charge in [0, 0.05) is 10.4 Å². The third-order valence-electron chi connectivity index (χ3n) is 4.09. The average Bonchev–Trinajstić information content (AvgIpc) is 2.95. The van der Waals surface area contributed by atoms with Crippen molar-refractivity contribution in [2.45, 2.75) is 25.7 Å². The van der Waals surface area contributed by atoms with Gasteiger partial charge in [0.1, 0.15) is 22.8 Å². The van der Waals surface area contributed by atoms with E-state index in [2.05, 4.69) is 15.3 Å². The second-order valence-corrected chi connectivity index (χ2v) is 6.66. The van der Waals surface area contributed by atoms with E-state index in [1.54, 1.807) is 11.3 Å². The van der Waals surface area contributed by atoms with E-state index < -0.39 is 0 Å². The normalized spacial score (nSPS) is 13.8. The molecule has 0 fully saturated rings. The number of hydrogen-bond donors (Lipinski definition) is 1. The topological polar surface area (TPSA) is 54.9 Å². The van der Waals surface area contributed by atoms with Gasteiger partial charge in [-0.3, -0.25) is 4.79 Å². The molecule has 116 valence electrons. The highest BCUT2D eigenvalue weighted by Gasteiger charge is 2.20. The Labute approximate surface area is 136 Å². The van der Waals surface area contributed by atoms with E-state index >= 15 is 0 Å². The van der Waals surface area contributed by atoms with Gasteiger partial charge in [0.15, 0.2) is 0 Å². The summed E-state index contributed by atoms with van der Waals surface area (Å²) < 4.78 is 13.0. The number of thiophene rings is 1. The zero-order valence-electron chi connectivity index (χ0n) is 12.3. The van der Waals surface area contributed by atoms with Crippen molar-refractivity contribution in [3.63, 3.8) is 0 Å². The first-order valence-electron chi connectivity index (χ1n) is 7.54. The Bertz CT molecular complexity index is 889. The third-order valence-corrected chi connectivity index (χ3v) is 5.29. The van der Waals surface area contributed by atoms with Gasteiger partial charge in [-0.2, -0.15) is 0 Å². The molecule has 0 saturated heterocycles. The molecule has 0 aliphatic heterocycles. The fraction of sp³-hybridized carbons (Fsp3) is 0.235. The molecule has 0 bridgehead atoms. The molecule has 4 rings (SSSR count). The molecule has 1 aromatic carbocycles. The van der Waals surface area contributed by atoms with Crippen molar-refractivity contribution in [3.05, 3.63) is 52.4 Å². The standard InChI is InChI=1S/C17H14FN3OS/c18-11-7-5-10(6-8-11)16(22)21-15-14-12-3-1-2-4-13(12)23-17(14)20-9-19-15/h5-9H,1-4H2,(H,19,20,21,22). The van der Waals surface area contributed by atoms with E-state index in [1.807, 2.05) is 0 Å². The predicted octanol–water partition coefficient (Wildman–Crippen LogP) is 3.96. The lowest BCUT2D eigenvalue weighted by molar-refractivity contribution is 0.102. The van der Waals surface area contributed by atoms with Crippen molar-refractivity contribution in [1.29, 1.82) is 0 Å². The maximum atomic E-state index is 13.0. The third kappa shape index (κ3) is 2.59. The molecular formula is C17H14FN3OS. The molecule has 4 nitrogen and oxygen atoms in total. The molecule has 6 heteroatoms. The summed E-state index contributed by atoms with van der Waals surface area (Å²) in [4.78, 5) is 23.2. The Morgan fingerprint density at radius 2 is 1.91 bits per heavy atom. The number of aryl methyl sites for hydroxylation is 2. The van der Waals surface area contributed by atoms with Crippen molar-refractivity contribution in [2.24, 2.45) is 0 Å². The number of halogens is 1. The summed E-state index contributed by atoms with van der Waals surface area (Å²) in [7, 11) is 0. The zero-order valence-corrected chi connectivity index (χ0v) is 13.1. The summed E-state index contributed by atoms with van der Waals surface area (Å²) in [6, 6.07) is 5.48. The largest absolute Gasteiger partial charge is 0.306 e. The van der Waals surface area contributed by atoms with Gasteiger partial charge in [0.05, 0.1) is 5.39 Å². The summed E-state index contributed by atoms with van der Waals surface area (Å²) in [6.45, 7) is 0. The van der Waals surface area contributed by atoms with Crippen LogP contribution >= 0.6 is 11.3 Å². The minimum atomic E-state index is -0.363. The van der Waals surface area contributed by atoms with Crippen LogP contribution in [0.15, 0.2) is 30.6 Å². The molecule has 1 N–H and O–H groups in total. The van der Waals surface area contributed by atoms with E-state index in [1.165, 1.54) is 47.5 Å². The summed E-state index contributed by atoms with van der Waals surface area (Å²) in [5.41, 5.74) is 1.67. The van der Waals surface area contributed by atoms with E-state index in [9.17, 15) is 9.18 Å². The molecule has 2 aromatic heterocycles. The van der Waals surface area contributed by atoms with Crippen molar-refractivity contribution in [3.8, 4) is 0 Å². The lowest BCUT2D eigenvalue weighted by Gasteiger charge is -2.12. The molecule has 1 amide bonds. The molecule has 0 atom stereocenters. The Hall–Kier alpha value is -2.34. The maximum Gasteiger partial charge on any atom is 0.256 e. The van der Waals surface area contributed by atoms with Crippen LogP contribution in [0.4, 0.5) is 10.2 Å². The van der Waals surface area contributed by atoms with Crippen LogP contribution in [-0.4, -0.2) is 15.9 Å². The number of amides is 1. The minimum Gasteiger partial charge on any atom is -0.306 e. The monoisotopic (exact) mass is 327 g/mol. The van der Waals surface area contributed by atoms with E-state index in [4.69, 9.17) is 0 Å². The van der Waals surface area contributed by atoms with Crippen LogP contribution in [0.2, 0.25) is 0 Å². The SMILES string of the molecule is O=C(Nc1ncnc2sc3c(c12)CCCC3)c1ccc(F)cc1. The minimum absolute atomic E-state index is 0.291. The van der Waals surface area contributed by atoms with Crippen LogP contribution in [0.25, 0.3) is 10.2 Å². The van der Waals surface area contributed by atoms with E-state index in [-0.39, 0.29) is 11.7 Å². The molecule has 1 aliphatic rings. The number of carbonyl (C=O) groups excluding carboxylic acids is 1. The molecular weight excluding hydrogens is 313 g/mol.